The lowest BCUT2D eigenvalue weighted by molar-refractivity contribution is 0.112. The first-order chi connectivity index (χ1) is 15.9. The van der Waals surface area contributed by atoms with Crippen LogP contribution in [0.2, 0.25) is 0 Å². The number of nitrogens with zero attached hydrogens (tertiary/aromatic N) is 1. The highest BCUT2D eigenvalue weighted by atomic mass is 32.2. The molecule has 0 amide bonds. The van der Waals surface area contributed by atoms with Gasteiger partial charge in [-0.2, -0.15) is 0 Å². The number of nitrogens with one attached hydrogen (secondary N) is 2. The van der Waals surface area contributed by atoms with Crippen molar-refractivity contribution < 1.29 is 13.2 Å². The molecule has 3 aromatic rings. The average Bonchev–Trinajstić information content (AvgIpc) is 3.50. The summed E-state index contributed by atoms with van der Waals surface area (Å²) in [7, 11) is -3.73. The van der Waals surface area contributed by atoms with E-state index in [4.69, 9.17) is 0 Å². The zero-order valence-corrected chi connectivity index (χ0v) is 19.7. The molecule has 1 atom stereocenters. The molecule has 1 saturated carbocycles. The van der Waals surface area contributed by atoms with Gasteiger partial charge >= 0.3 is 0 Å². The SMILES string of the molecule is C[C@@H](CC1CCCC1)NCc1ccccc1NS(=O)(=O)c1ccc(-n2ccc(C=O)c2)cc1. The van der Waals surface area contributed by atoms with Crippen molar-refractivity contribution in [3.05, 3.63) is 78.1 Å². The number of para-hydroxylation sites is 1. The van der Waals surface area contributed by atoms with E-state index >= 15 is 0 Å². The highest BCUT2D eigenvalue weighted by Gasteiger charge is 2.19. The fourth-order valence-corrected chi connectivity index (χ4v) is 5.63. The van der Waals surface area contributed by atoms with Gasteiger partial charge in [0.05, 0.1) is 10.6 Å². The number of carbonyl (C=O) groups is 1. The zero-order valence-electron chi connectivity index (χ0n) is 18.9. The summed E-state index contributed by atoms with van der Waals surface area (Å²) in [5.41, 5.74) is 2.85. The van der Waals surface area contributed by atoms with E-state index in [2.05, 4.69) is 17.0 Å². The topological polar surface area (TPSA) is 80.2 Å². The summed E-state index contributed by atoms with van der Waals surface area (Å²) < 4.78 is 30.6. The van der Waals surface area contributed by atoms with Crippen LogP contribution < -0.4 is 10.0 Å². The number of rotatable bonds is 10. The van der Waals surface area contributed by atoms with Crippen molar-refractivity contribution in [2.24, 2.45) is 5.92 Å². The van der Waals surface area contributed by atoms with Crippen LogP contribution in [0.1, 0.15) is 54.9 Å². The molecule has 1 fully saturated rings. The summed E-state index contributed by atoms with van der Waals surface area (Å²) >= 11 is 0. The maximum Gasteiger partial charge on any atom is 0.261 e. The molecule has 2 N–H and O–H groups in total. The van der Waals surface area contributed by atoms with Crippen molar-refractivity contribution in [1.82, 2.24) is 9.88 Å². The molecule has 4 rings (SSSR count). The van der Waals surface area contributed by atoms with Gasteiger partial charge in [-0.05, 0) is 61.2 Å². The van der Waals surface area contributed by atoms with Crippen molar-refractivity contribution in [2.75, 3.05) is 4.72 Å². The van der Waals surface area contributed by atoms with Gasteiger partial charge in [-0.15, -0.1) is 0 Å². The van der Waals surface area contributed by atoms with E-state index in [1.54, 1.807) is 53.4 Å². The number of hydrogen-bond acceptors (Lipinski definition) is 4. The van der Waals surface area contributed by atoms with Crippen molar-refractivity contribution >= 4 is 22.0 Å². The van der Waals surface area contributed by atoms with Crippen LogP contribution in [0, 0.1) is 5.92 Å². The number of aldehydes is 1. The molecule has 0 aliphatic heterocycles. The molecule has 1 aliphatic carbocycles. The van der Waals surface area contributed by atoms with Gasteiger partial charge in [0.2, 0.25) is 0 Å². The minimum Gasteiger partial charge on any atom is -0.323 e. The fraction of sp³-hybridized carbons (Fsp3) is 0.346. The minimum absolute atomic E-state index is 0.186. The van der Waals surface area contributed by atoms with Gasteiger partial charge < -0.3 is 9.88 Å². The van der Waals surface area contributed by atoms with Crippen molar-refractivity contribution in [1.29, 1.82) is 0 Å². The molecule has 1 heterocycles. The second-order valence-corrected chi connectivity index (χ2v) is 10.6. The lowest BCUT2D eigenvalue weighted by atomic mass is 9.99. The molecule has 0 bridgehead atoms. The van der Waals surface area contributed by atoms with E-state index in [0.717, 1.165) is 29.9 Å². The van der Waals surface area contributed by atoms with Crippen LogP contribution in [0.5, 0.6) is 0 Å². The van der Waals surface area contributed by atoms with E-state index in [0.29, 0.717) is 23.8 Å². The molecular weight excluding hydrogens is 434 g/mol. The number of hydrogen-bond donors (Lipinski definition) is 2. The van der Waals surface area contributed by atoms with E-state index in [-0.39, 0.29) is 4.90 Å². The van der Waals surface area contributed by atoms with Crippen molar-refractivity contribution in [2.45, 2.75) is 56.5 Å². The molecular formula is C26H31N3O3S. The van der Waals surface area contributed by atoms with Crippen LogP contribution in [0.25, 0.3) is 5.69 Å². The second-order valence-electron chi connectivity index (χ2n) is 8.89. The monoisotopic (exact) mass is 465 g/mol. The second kappa shape index (κ2) is 10.4. The van der Waals surface area contributed by atoms with Crippen molar-refractivity contribution in [3.63, 3.8) is 0 Å². The van der Waals surface area contributed by atoms with Gasteiger partial charge in [0.15, 0.2) is 6.29 Å². The van der Waals surface area contributed by atoms with E-state index in [1.165, 1.54) is 25.7 Å². The standard InChI is InChI=1S/C26H31N3O3S/c1-20(16-21-6-2-3-7-21)27-17-23-8-4-5-9-26(23)28-33(31,32)25-12-10-24(11-13-25)29-15-14-22(18-29)19-30/h4-5,8-15,18-21,27-28H,2-3,6-7,16-17H2,1H3/t20-/m0/s1. The molecule has 1 aromatic heterocycles. The molecule has 33 heavy (non-hydrogen) atoms. The summed E-state index contributed by atoms with van der Waals surface area (Å²) in [5, 5.41) is 3.56. The van der Waals surface area contributed by atoms with Crippen LogP contribution in [0.15, 0.2) is 71.9 Å². The number of carbonyl (C=O) groups excluding carboxylic acids is 1. The highest BCUT2D eigenvalue weighted by molar-refractivity contribution is 7.92. The summed E-state index contributed by atoms with van der Waals surface area (Å²) in [6.45, 7) is 2.81. The molecule has 1 aliphatic rings. The fourth-order valence-electron chi connectivity index (χ4n) is 4.53. The van der Waals surface area contributed by atoms with Crippen LogP contribution in [-0.2, 0) is 16.6 Å². The Morgan fingerprint density at radius 3 is 2.48 bits per heavy atom. The predicted molar refractivity (Wildman–Crippen MR) is 131 cm³/mol. The van der Waals surface area contributed by atoms with Gasteiger partial charge in [-0.1, -0.05) is 43.9 Å². The van der Waals surface area contributed by atoms with Gasteiger partial charge in [0, 0.05) is 36.2 Å². The quantitative estimate of drug-likeness (QED) is 0.406. The maximum atomic E-state index is 13.0. The Balaban J connectivity index is 1.42. The normalized spacial score (nSPS) is 15.4. The Bertz CT molecular complexity index is 1180. The van der Waals surface area contributed by atoms with Crippen LogP contribution in [-0.4, -0.2) is 25.3 Å². The Hall–Kier alpha value is -2.90. The molecule has 0 unspecified atom stereocenters. The molecule has 0 saturated heterocycles. The highest BCUT2D eigenvalue weighted by Crippen LogP contribution is 2.29. The third kappa shape index (κ3) is 5.92. The lowest BCUT2D eigenvalue weighted by Crippen LogP contribution is -2.28. The summed E-state index contributed by atoms with van der Waals surface area (Å²) in [6, 6.07) is 16.2. The Kier molecular flexibility index (Phi) is 7.30. The predicted octanol–water partition coefficient (Wildman–Crippen LogP) is 5.15. The summed E-state index contributed by atoms with van der Waals surface area (Å²) in [4.78, 5) is 11.1. The zero-order chi connectivity index (χ0) is 23.3. The Morgan fingerprint density at radius 1 is 1.06 bits per heavy atom. The summed E-state index contributed by atoms with van der Waals surface area (Å²) in [5.74, 6) is 0.806. The first-order valence-electron chi connectivity index (χ1n) is 11.5. The van der Waals surface area contributed by atoms with E-state index in [9.17, 15) is 13.2 Å². The molecule has 174 valence electrons. The molecule has 0 spiro atoms. The van der Waals surface area contributed by atoms with E-state index < -0.39 is 10.0 Å². The van der Waals surface area contributed by atoms with Crippen LogP contribution >= 0.6 is 0 Å². The lowest BCUT2D eigenvalue weighted by Gasteiger charge is -2.19. The first kappa shape index (κ1) is 23.3. The van der Waals surface area contributed by atoms with Gasteiger partial charge in [-0.3, -0.25) is 9.52 Å². The molecule has 7 heteroatoms. The number of aromatic nitrogens is 1. The van der Waals surface area contributed by atoms with Gasteiger partial charge in [0.1, 0.15) is 0 Å². The number of benzene rings is 2. The minimum atomic E-state index is -3.73. The smallest absolute Gasteiger partial charge is 0.261 e. The summed E-state index contributed by atoms with van der Waals surface area (Å²) in [6.07, 6.45) is 10.7. The Labute approximate surface area is 196 Å². The number of sulfonamides is 1. The van der Waals surface area contributed by atoms with E-state index in [1.807, 2.05) is 18.2 Å². The largest absolute Gasteiger partial charge is 0.323 e. The van der Waals surface area contributed by atoms with Crippen LogP contribution in [0.4, 0.5) is 5.69 Å². The first-order valence-corrected chi connectivity index (χ1v) is 13.0. The third-order valence-corrected chi connectivity index (χ3v) is 7.74. The van der Waals surface area contributed by atoms with Crippen LogP contribution in [0.3, 0.4) is 0 Å². The van der Waals surface area contributed by atoms with Crippen molar-refractivity contribution in [3.8, 4) is 5.69 Å². The third-order valence-electron chi connectivity index (χ3n) is 6.36. The maximum absolute atomic E-state index is 13.0. The number of anilines is 1. The van der Waals surface area contributed by atoms with Gasteiger partial charge in [0.25, 0.3) is 10.0 Å². The molecule has 6 nitrogen and oxygen atoms in total. The van der Waals surface area contributed by atoms with Gasteiger partial charge in [-0.25, -0.2) is 8.42 Å². The average molecular weight is 466 g/mol. The Morgan fingerprint density at radius 2 is 1.79 bits per heavy atom. The molecule has 0 radical (unpaired) electrons. The molecule has 2 aromatic carbocycles.